The van der Waals surface area contributed by atoms with E-state index in [9.17, 15) is 8.42 Å². The summed E-state index contributed by atoms with van der Waals surface area (Å²) in [5, 5.41) is 4.85. The number of likely N-dealkylation sites (tertiary alicyclic amines) is 2. The number of nitrogens with two attached hydrogens (primary N) is 1. The summed E-state index contributed by atoms with van der Waals surface area (Å²) < 4.78 is 22.4. The van der Waals surface area contributed by atoms with E-state index in [1.54, 1.807) is 0 Å². The first kappa shape index (κ1) is 12.3. The zero-order valence-electron chi connectivity index (χ0n) is 9.80. The highest BCUT2D eigenvalue weighted by atomic mass is 32.2. The summed E-state index contributed by atoms with van der Waals surface area (Å²) in [7, 11) is -3.32. The lowest BCUT2D eigenvalue weighted by Crippen LogP contribution is -2.61. The summed E-state index contributed by atoms with van der Waals surface area (Å²) >= 11 is 0. The minimum Gasteiger partial charge on any atom is -0.300 e. The molecule has 0 aliphatic carbocycles. The van der Waals surface area contributed by atoms with Gasteiger partial charge in [-0.25, -0.2) is 13.6 Å². The molecule has 2 fully saturated rings. The van der Waals surface area contributed by atoms with Gasteiger partial charge in [-0.05, 0) is 32.5 Å². The Morgan fingerprint density at radius 2 is 1.81 bits per heavy atom. The van der Waals surface area contributed by atoms with E-state index in [1.807, 2.05) is 0 Å². The van der Waals surface area contributed by atoms with Crippen molar-refractivity contribution in [1.29, 1.82) is 0 Å². The molecule has 0 aromatic rings. The molecule has 0 aromatic carbocycles. The van der Waals surface area contributed by atoms with Crippen LogP contribution in [0.5, 0.6) is 0 Å². The molecule has 2 aliphatic heterocycles. The van der Waals surface area contributed by atoms with E-state index >= 15 is 0 Å². The van der Waals surface area contributed by atoms with E-state index in [4.69, 9.17) is 5.14 Å². The molecule has 16 heavy (non-hydrogen) atoms. The minimum atomic E-state index is -3.32. The van der Waals surface area contributed by atoms with Crippen LogP contribution in [0.1, 0.15) is 19.8 Å². The topological polar surface area (TPSA) is 66.6 Å². The molecular formula is C10H21N3O2S. The molecule has 0 atom stereocenters. The first-order chi connectivity index (χ1) is 7.50. The maximum Gasteiger partial charge on any atom is 0.212 e. The van der Waals surface area contributed by atoms with E-state index in [1.165, 1.54) is 0 Å². The number of rotatable bonds is 3. The molecule has 2 aliphatic rings. The van der Waals surface area contributed by atoms with Crippen molar-refractivity contribution in [2.45, 2.75) is 31.1 Å². The number of primary sulfonamides is 1. The van der Waals surface area contributed by atoms with E-state index in [-0.39, 0.29) is 5.25 Å². The predicted molar refractivity (Wildman–Crippen MR) is 63.6 cm³/mol. The molecule has 0 saturated carbocycles. The number of hydrogen-bond donors (Lipinski definition) is 1. The summed E-state index contributed by atoms with van der Waals surface area (Å²) in [5.41, 5.74) is 0. The van der Waals surface area contributed by atoms with Crippen LogP contribution >= 0.6 is 0 Å². The Labute approximate surface area is 97.6 Å². The van der Waals surface area contributed by atoms with Crippen LogP contribution in [0, 0.1) is 0 Å². The van der Waals surface area contributed by atoms with E-state index < -0.39 is 10.0 Å². The third kappa shape index (κ3) is 2.56. The second-order valence-electron chi connectivity index (χ2n) is 4.83. The third-order valence-corrected chi connectivity index (χ3v) is 5.24. The van der Waals surface area contributed by atoms with Crippen molar-refractivity contribution in [2.75, 3.05) is 32.7 Å². The van der Waals surface area contributed by atoms with E-state index in [0.29, 0.717) is 18.9 Å². The second kappa shape index (κ2) is 4.60. The predicted octanol–water partition coefficient (Wildman–Crippen LogP) is -0.557. The number of likely N-dealkylation sites (N-methyl/N-ethyl adjacent to an activating group) is 1. The lowest BCUT2D eigenvalue weighted by molar-refractivity contribution is 0.0275. The van der Waals surface area contributed by atoms with Crippen LogP contribution in [-0.4, -0.2) is 62.2 Å². The zero-order chi connectivity index (χ0) is 11.8. The van der Waals surface area contributed by atoms with Gasteiger partial charge in [0.05, 0.1) is 5.25 Å². The molecule has 0 aromatic heterocycles. The average molecular weight is 247 g/mol. The maximum absolute atomic E-state index is 11.2. The molecule has 6 heteroatoms. The molecular weight excluding hydrogens is 226 g/mol. The standard InChI is InChI=1S/C10H21N3O2S/c1-2-12-7-9(8-12)13-5-3-10(4-6-13)16(11,14)15/h9-10H,2-8H2,1H3,(H2,11,14,15). The van der Waals surface area contributed by atoms with Crippen LogP contribution in [0.15, 0.2) is 0 Å². The lowest BCUT2D eigenvalue weighted by atomic mass is 10.0. The zero-order valence-corrected chi connectivity index (χ0v) is 10.6. The number of nitrogens with zero attached hydrogens (tertiary/aromatic N) is 2. The Morgan fingerprint density at radius 1 is 1.25 bits per heavy atom. The van der Waals surface area contributed by atoms with Gasteiger partial charge in [-0.1, -0.05) is 6.92 Å². The molecule has 0 unspecified atom stereocenters. The van der Waals surface area contributed by atoms with Crippen LogP contribution in [0.2, 0.25) is 0 Å². The van der Waals surface area contributed by atoms with E-state index in [2.05, 4.69) is 16.7 Å². The molecule has 0 amide bonds. The van der Waals surface area contributed by atoms with Crippen molar-refractivity contribution in [3.63, 3.8) is 0 Å². The number of sulfonamides is 1. The maximum atomic E-state index is 11.2. The van der Waals surface area contributed by atoms with Gasteiger partial charge < -0.3 is 4.90 Å². The largest absolute Gasteiger partial charge is 0.300 e. The second-order valence-corrected chi connectivity index (χ2v) is 6.68. The molecule has 94 valence electrons. The number of piperidine rings is 1. The highest BCUT2D eigenvalue weighted by Gasteiger charge is 2.35. The summed E-state index contributed by atoms with van der Waals surface area (Å²) in [6.45, 7) is 7.31. The van der Waals surface area contributed by atoms with Crippen molar-refractivity contribution in [3.8, 4) is 0 Å². The van der Waals surface area contributed by atoms with Crippen molar-refractivity contribution in [1.82, 2.24) is 9.80 Å². The summed E-state index contributed by atoms with van der Waals surface area (Å²) in [6, 6.07) is 0.640. The van der Waals surface area contributed by atoms with Gasteiger partial charge >= 0.3 is 0 Å². The molecule has 0 radical (unpaired) electrons. The summed E-state index contributed by atoms with van der Waals surface area (Å²) in [5.74, 6) is 0. The Balaban J connectivity index is 1.78. The summed E-state index contributed by atoms with van der Waals surface area (Å²) in [6.07, 6.45) is 1.39. The van der Waals surface area contributed by atoms with Crippen molar-refractivity contribution in [3.05, 3.63) is 0 Å². The molecule has 2 N–H and O–H groups in total. The fraction of sp³-hybridized carbons (Fsp3) is 1.00. The average Bonchev–Trinajstić information content (AvgIpc) is 2.15. The van der Waals surface area contributed by atoms with Crippen LogP contribution in [0.3, 0.4) is 0 Å². The van der Waals surface area contributed by atoms with Crippen LogP contribution in [0.4, 0.5) is 0 Å². The fourth-order valence-electron chi connectivity index (χ4n) is 2.60. The monoisotopic (exact) mass is 247 g/mol. The van der Waals surface area contributed by atoms with Gasteiger partial charge in [0.25, 0.3) is 0 Å². The Kier molecular flexibility index (Phi) is 3.53. The number of hydrogen-bond acceptors (Lipinski definition) is 4. The molecule has 0 spiro atoms. The van der Waals surface area contributed by atoms with Crippen molar-refractivity contribution >= 4 is 10.0 Å². The van der Waals surface area contributed by atoms with Gasteiger partial charge in [0, 0.05) is 19.1 Å². The molecule has 0 bridgehead atoms. The highest BCUT2D eigenvalue weighted by Crippen LogP contribution is 2.22. The van der Waals surface area contributed by atoms with Crippen LogP contribution in [0.25, 0.3) is 0 Å². The van der Waals surface area contributed by atoms with Gasteiger partial charge in [-0.15, -0.1) is 0 Å². The minimum absolute atomic E-state index is 0.314. The highest BCUT2D eigenvalue weighted by molar-refractivity contribution is 7.89. The Bertz CT molecular complexity index is 330. The lowest BCUT2D eigenvalue weighted by Gasteiger charge is -2.47. The fourth-order valence-corrected chi connectivity index (χ4v) is 3.47. The van der Waals surface area contributed by atoms with Crippen molar-refractivity contribution < 1.29 is 8.42 Å². The first-order valence-corrected chi connectivity index (χ1v) is 7.59. The Morgan fingerprint density at radius 3 is 2.25 bits per heavy atom. The third-order valence-electron chi connectivity index (χ3n) is 3.84. The van der Waals surface area contributed by atoms with Gasteiger partial charge in [0.15, 0.2) is 0 Å². The van der Waals surface area contributed by atoms with Crippen LogP contribution < -0.4 is 5.14 Å². The summed E-state index contributed by atoms with van der Waals surface area (Å²) in [4.78, 5) is 4.81. The smallest absolute Gasteiger partial charge is 0.212 e. The van der Waals surface area contributed by atoms with Crippen molar-refractivity contribution in [2.24, 2.45) is 5.14 Å². The quantitative estimate of drug-likeness (QED) is 0.726. The Hall–Kier alpha value is -0.170. The van der Waals surface area contributed by atoms with Gasteiger partial charge in [-0.2, -0.15) is 0 Å². The van der Waals surface area contributed by atoms with Gasteiger partial charge in [0.1, 0.15) is 0 Å². The first-order valence-electron chi connectivity index (χ1n) is 5.98. The van der Waals surface area contributed by atoms with Gasteiger partial charge in [0.2, 0.25) is 10.0 Å². The molecule has 5 nitrogen and oxygen atoms in total. The molecule has 2 rings (SSSR count). The van der Waals surface area contributed by atoms with Crippen LogP contribution in [-0.2, 0) is 10.0 Å². The van der Waals surface area contributed by atoms with Gasteiger partial charge in [-0.3, -0.25) is 4.90 Å². The SMILES string of the molecule is CCN1CC(N2CCC(S(N)(=O)=O)CC2)C1. The van der Waals surface area contributed by atoms with E-state index in [0.717, 1.165) is 32.7 Å². The molecule has 2 saturated heterocycles. The normalized spacial score (nSPS) is 26.9. The molecule has 2 heterocycles.